The van der Waals surface area contributed by atoms with Gasteiger partial charge in [-0.05, 0) is 35.3 Å². The molecule has 1 saturated heterocycles. The summed E-state index contributed by atoms with van der Waals surface area (Å²) in [5, 5.41) is 14.2. The van der Waals surface area contributed by atoms with Crippen molar-refractivity contribution in [2.24, 2.45) is 0 Å². The lowest BCUT2D eigenvalue weighted by atomic mass is 10.0. The number of piperidine rings is 1. The van der Waals surface area contributed by atoms with Gasteiger partial charge in [0.15, 0.2) is 0 Å². The number of hydrogen-bond acceptors (Lipinski definition) is 4. The average Bonchev–Trinajstić information content (AvgIpc) is 2.43. The van der Waals surface area contributed by atoms with Crippen LogP contribution in [0.4, 0.5) is 15.8 Å². The number of halogens is 2. The fraction of sp³-hybridized carbons (Fsp3) is 0.538. The summed E-state index contributed by atoms with van der Waals surface area (Å²) in [4.78, 5) is 12.9. The Morgan fingerprint density at radius 1 is 1.50 bits per heavy atom. The van der Waals surface area contributed by atoms with Crippen LogP contribution in [-0.4, -0.2) is 35.5 Å². The smallest absolute Gasteiger partial charge is 0.293 e. The van der Waals surface area contributed by atoms with E-state index in [-0.39, 0.29) is 21.9 Å². The zero-order valence-electron chi connectivity index (χ0n) is 11.2. The Morgan fingerprint density at radius 2 is 2.15 bits per heavy atom. The van der Waals surface area contributed by atoms with Gasteiger partial charge >= 0.3 is 0 Å². The maximum absolute atomic E-state index is 13.6. The second kappa shape index (κ2) is 6.49. The lowest BCUT2D eigenvalue weighted by molar-refractivity contribution is -0.384. The van der Waals surface area contributed by atoms with Gasteiger partial charge in [-0.1, -0.05) is 6.92 Å². The van der Waals surface area contributed by atoms with Crippen LogP contribution in [0.3, 0.4) is 0 Å². The molecule has 0 aromatic heterocycles. The van der Waals surface area contributed by atoms with Crippen molar-refractivity contribution in [3.8, 4) is 0 Å². The summed E-state index contributed by atoms with van der Waals surface area (Å²) in [7, 11) is 0. The van der Waals surface area contributed by atoms with E-state index in [0.29, 0.717) is 0 Å². The molecular formula is C13H17BrFN3O2. The Kier molecular flexibility index (Phi) is 4.93. The van der Waals surface area contributed by atoms with Gasteiger partial charge in [0, 0.05) is 31.3 Å². The molecule has 1 heterocycles. The highest BCUT2D eigenvalue weighted by Crippen LogP contribution is 2.32. The normalized spacial score (nSPS) is 17.1. The van der Waals surface area contributed by atoms with Crippen LogP contribution in [0.2, 0.25) is 0 Å². The number of nitrogens with zero attached hydrogens (tertiary/aromatic N) is 2. The zero-order chi connectivity index (χ0) is 14.7. The Hall–Kier alpha value is -1.21. The standard InChI is InChI=1S/C13H17BrFN3O2/c1-2-17-5-3-9(4-6-17)16-12-8-11(15)10(14)7-13(12)18(19)20/h7-9,16H,2-6H2,1H3. The van der Waals surface area contributed by atoms with Crippen molar-refractivity contribution in [3.63, 3.8) is 0 Å². The molecule has 0 saturated carbocycles. The molecule has 0 unspecified atom stereocenters. The first-order valence-corrected chi connectivity index (χ1v) is 7.43. The summed E-state index contributed by atoms with van der Waals surface area (Å²) in [5.41, 5.74) is 0.154. The van der Waals surface area contributed by atoms with Gasteiger partial charge < -0.3 is 10.2 Å². The minimum Gasteiger partial charge on any atom is -0.377 e. The van der Waals surface area contributed by atoms with Crippen molar-refractivity contribution in [2.45, 2.75) is 25.8 Å². The number of benzene rings is 1. The summed E-state index contributed by atoms with van der Waals surface area (Å²) in [6, 6.07) is 2.55. The predicted octanol–water partition coefficient (Wildman–Crippen LogP) is 3.39. The Bertz CT molecular complexity index is 505. The lowest BCUT2D eigenvalue weighted by Gasteiger charge is -2.31. The van der Waals surface area contributed by atoms with Crippen LogP contribution in [0.25, 0.3) is 0 Å². The number of anilines is 1. The van der Waals surface area contributed by atoms with E-state index in [4.69, 9.17) is 0 Å². The molecule has 0 radical (unpaired) electrons. The first-order chi connectivity index (χ1) is 9.51. The van der Waals surface area contributed by atoms with Crippen LogP contribution in [-0.2, 0) is 0 Å². The van der Waals surface area contributed by atoms with E-state index in [1.54, 1.807) is 0 Å². The van der Waals surface area contributed by atoms with E-state index in [1.165, 1.54) is 12.1 Å². The van der Waals surface area contributed by atoms with Crippen LogP contribution >= 0.6 is 15.9 Å². The van der Waals surface area contributed by atoms with Gasteiger partial charge in [-0.2, -0.15) is 0 Å². The van der Waals surface area contributed by atoms with E-state index >= 15 is 0 Å². The van der Waals surface area contributed by atoms with Gasteiger partial charge in [0.05, 0.1) is 9.40 Å². The van der Waals surface area contributed by atoms with Crippen molar-refractivity contribution in [3.05, 3.63) is 32.5 Å². The SMILES string of the molecule is CCN1CCC(Nc2cc(F)c(Br)cc2[N+](=O)[O-])CC1. The molecule has 1 aliphatic rings. The van der Waals surface area contributed by atoms with Gasteiger partial charge in [0.25, 0.3) is 5.69 Å². The molecule has 1 aliphatic heterocycles. The van der Waals surface area contributed by atoms with Gasteiger partial charge in [0.1, 0.15) is 11.5 Å². The molecule has 0 spiro atoms. The minimum atomic E-state index is -0.496. The average molecular weight is 346 g/mol. The van der Waals surface area contributed by atoms with Gasteiger partial charge in [0.2, 0.25) is 0 Å². The maximum atomic E-state index is 13.6. The Balaban J connectivity index is 2.13. The van der Waals surface area contributed by atoms with E-state index < -0.39 is 10.7 Å². The highest BCUT2D eigenvalue weighted by Gasteiger charge is 2.23. The van der Waals surface area contributed by atoms with Crippen LogP contribution in [0.15, 0.2) is 16.6 Å². The van der Waals surface area contributed by atoms with Crippen molar-refractivity contribution in [1.29, 1.82) is 0 Å². The van der Waals surface area contributed by atoms with Crippen LogP contribution in [0.5, 0.6) is 0 Å². The summed E-state index contributed by atoms with van der Waals surface area (Å²) in [5.74, 6) is -0.496. The van der Waals surface area contributed by atoms with Gasteiger partial charge in [-0.3, -0.25) is 10.1 Å². The summed E-state index contributed by atoms with van der Waals surface area (Å²) in [6.07, 6.45) is 1.81. The highest BCUT2D eigenvalue weighted by atomic mass is 79.9. The first kappa shape index (κ1) is 15.2. The quantitative estimate of drug-likeness (QED) is 0.671. The zero-order valence-corrected chi connectivity index (χ0v) is 12.8. The second-order valence-corrected chi connectivity index (χ2v) is 5.75. The Morgan fingerprint density at radius 3 is 2.70 bits per heavy atom. The summed E-state index contributed by atoms with van der Waals surface area (Å²) < 4.78 is 13.7. The van der Waals surface area contributed by atoms with Gasteiger partial charge in [-0.25, -0.2) is 4.39 Å². The molecule has 110 valence electrons. The van der Waals surface area contributed by atoms with E-state index in [1.807, 2.05) is 0 Å². The van der Waals surface area contributed by atoms with Crippen LogP contribution in [0.1, 0.15) is 19.8 Å². The number of nitro groups is 1. The fourth-order valence-corrected chi connectivity index (χ4v) is 2.75. The largest absolute Gasteiger partial charge is 0.377 e. The molecular weight excluding hydrogens is 329 g/mol. The third kappa shape index (κ3) is 3.46. The molecule has 0 atom stereocenters. The molecule has 0 bridgehead atoms. The molecule has 0 amide bonds. The summed E-state index contributed by atoms with van der Waals surface area (Å²) >= 11 is 2.98. The topological polar surface area (TPSA) is 58.4 Å². The third-order valence-electron chi connectivity index (χ3n) is 3.63. The van der Waals surface area contributed by atoms with Crippen LogP contribution in [0, 0.1) is 15.9 Å². The number of nitro benzene ring substituents is 1. The first-order valence-electron chi connectivity index (χ1n) is 6.63. The van der Waals surface area contributed by atoms with Crippen molar-refractivity contribution >= 4 is 27.3 Å². The highest BCUT2D eigenvalue weighted by molar-refractivity contribution is 9.10. The van der Waals surface area contributed by atoms with Crippen molar-refractivity contribution in [2.75, 3.05) is 25.0 Å². The summed E-state index contributed by atoms with van der Waals surface area (Å²) in [6.45, 7) is 5.05. The number of rotatable bonds is 4. The molecule has 20 heavy (non-hydrogen) atoms. The molecule has 1 fully saturated rings. The fourth-order valence-electron chi connectivity index (χ4n) is 2.42. The van der Waals surface area contributed by atoms with Gasteiger partial charge in [-0.15, -0.1) is 0 Å². The number of likely N-dealkylation sites (tertiary alicyclic amines) is 1. The van der Waals surface area contributed by atoms with E-state index in [9.17, 15) is 14.5 Å². The molecule has 7 heteroatoms. The maximum Gasteiger partial charge on any atom is 0.293 e. The molecule has 1 aromatic carbocycles. The minimum absolute atomic E-state index is 0.101. The second-order valence-electron chi connectivity index (χ2n) is 4.89. The molecule has 2 rings (SSSR count). The lowest BCUT2D eigenvalue weighted by Crippen LogP contribution is -2.38. The van der Waals surface area contributed by atoms with E-state index in [0.717, 1.165) is 32.5 Å². The van der Waals surface area contributed by atoms with Crippen molar-refractivity contribution in [1.82, 2.24) is 4.90 Å². The van der Waals surface area contributed by atoms with Crippen molar-refractivity contribution < 1.29 is 9.31 Å². The van der Waals surface area contributed by atoms with E-state index in [2.05, 4.69) is 33.1 Å². The Labute approximate surface area is 125 Å². The molecule has 1 aromatic rings. The molecule has 5 nitrogen and oxygen atoms in total. The molecule has 0 aliphatic carbocycles. The molecule has 1 N–H and O–H groups in total. The monoisotopic (exact) mass is 345 g/mol. The number of hydrogen-bond donors (Lipinski definition) is 1. The predicted molar refractivity (Wildman–Crippen MR) is 79.5 cm³/mol. The van der Waals surface area contributed by atoms with Crippen LogP contribution < -0.4 is 5.32 Å². The third-order valence-corrected chi connectivity index (χ3v) is 4.24. The number of nitrogens with one attached hydrogen (secondary N) is 1.